The van der Waals surface area contributed by atoms with Gasteiger partial charge in [0, 0.05) is 49.3 Å². The largest absolute Gasteiger partial charge is 0.444 e. The summed E-state index contributed by atoms with van der Waals surface area (Å²) in [5, 5.41) is 10.2. The number of nitriles is 1. The molecule has 2 amide bonds. The monoisotopic (exact) mass is 548 g/mol. The highest BCUT2D eigenvalue weighted by atomic mass is 32.2. The lowest BCUT2D eigenvalue weighted by molar-refractivity contribution is -0.117. The van der Waals surface area contributed by atoms with Gasteiger partial charge in [-0.25, -0.2) is 14.8 Å². The Balaban J connectivity index is 1.39. The fraction of sp³-hybridized carbons (Fsp3) is 0.552. The number of para-hydroxylation sites is 1. The quantitative estimate of drug-likeness (QED) is 0.408. The van der Waals surface area contributed by atoms with E-state index in [1.165, 1.54) is 11.8 Å². The first-order valence-corrected chi connectivity index (χ1v) is 14.7. The van der Waals surface area contributed by atoms with Crippen LogP contribution >= 0.6 is 11.8 Å². The molecule has 2 aliphatic heterocycles. The summed E-state index contributed by atoms with van der Waals surface area (Å²) in [5.74, 6) is 1.07. The Morgan fingerprint density at radius 2 is 1.97 bits per heavy atom. The van der Waals surface area contributed by atoms with Gasteiger partial charge in [0.1, 0.15) is 11.4 Å². The van der Waals surface area contributed by atoms with Crippen molar-refractivity contribution < 1.29 is 14.3 Å². The molecule has 39 heavy (non-hydrogen) atoms. The van der Waals surface area contributed by atoms with E-state index in [1.807, 2.05) is 62.3 Å². The first-order chi connectivity index (χ1) is 18.6. The normalized spacial score (nSPS) is 23.1. The van der Waals surface area contributed by atoms with E-state index in [2.05, 4.69) is 11.0 Å². The van der Waals surface area contributed by atoms with Crippen molar-refractivity contribution in [1.82, 2.24) is 14.9 Å². The minimum absolute atomic E-state index is 0.139. The maximum atomic E-state index is 13.1. The number of benzene rings is 1. The predicted octanol–water partition coefficient (Wildman–Crippen LogP) is 4.45. The summed E-state index contributed by atoms with van der Waals surface area (Å²) in [6.07, 6.45) is 4.76. The summed E-state index contributed by atoms with van der Waals surface area (Å²) in [5.41, 5.74) is 2.36. The molecule has 1 spiro atoms. The molecule has 2 saturated heterocycles. The number of nitrogens with zero attached hydrogens (tertiary/aromatic N) is 6. The first-order valence-electron chi connectivity index (χ1n) is 13.5. The number of rotatable bonds is 4. The van der Waals surface area contributed by atoms with Crippen LogP contribution in [0.15, 0.2) is 35.5 Å². The molecule has 1 aliphatic carbocycles. The van der Waals surface area contributed by atoms with Gasteiger partial charge >= 0.3 is 6.09 Å². The molecule has 1 unspecified atom stereocenters. The summed E-state index contributed by atoms with van der Waals surface area (Å²) in [4.78, 5) is 41.6. The van der Waals surface area contributed by atoms with Gasteiger partial charge in [-0.1, -0.05) is 30.0 Å². The molecular weight excluding hydrogens is 512 g/mol. The van der Waals surface area contributed by atoms with E-state index in [0.717, 1.165) is 42.0 Å². The Morgan fingerprint density at radius 3 is 2.67 bits per heavy atom. The lowest BCUT2D eigenvalue weighted by Gasteiger charge is -2.43. The smallest absolute Gasteiger partial charge is 0.410 e. The van der Waals surface area contributed by atoms with Gasteiger partial charge in [0.05, 0.1) is 24.2 Å². The molecule has 0 bridgehead atoms. The highest BCUT2D eigenvalue weighted by Crippen LogP contribution is 2.46. The molecule has 206 valence electrons. The molecule has 0 N–H and O–H groups in total. The van der Waals surface area contributed by atoms with Crippen LogP contribution in [0.4, 0.5) is 16.3 Å². The standard InChI is InChI=1S/C29H36N6O3S/c1-28(2,3)38-27(37)34-15-14-33(18-21(34)11-13-30)25-22-10-12-29(16-23(22)31-26(32-25)39-4)17-24(36)35(19-29)20-8-6-5-7-9-20/h5-9,21H,10-12,14-19H2,1-4H3/t21-,29?/m0/s1. The van der Waals surface area contributed by atoms with E-state index in [0.29, 0.717) is 37.8 Å². The Kier molecular flexibility index (Phi) is 7.47. The first kappa shape index (κ1) is 27.3. The number of aromatic nitrogens is 2. The van der Waals surface area contributed by atoms with Crippen LogP contribution in [0.5, 0.6) is 0 Å². The summed E-state index contributed by atoms with van der Waals surface area (Å²) < 4.78 is 5.62. The molecule has 3 aliphatic rings. The van der Waals surface area contributed by atoms with Gasteiger partial charge in [0.25, 0.3) is 0 Å². The van der Waals surface area contributed by atoms with Crippen LogP contribution < -0.4 is 9.80 Å². The van der Waals surface area contributed by atoms with Crippen molar-refractivity contribution in [3.63, 3.8) is 0 Å². The average Bonchev–Trinajstić information content (AvgIpc) is 3.22. The summed E-state index contributed by atoms with van der Waals surface area (Å²) >= 11 is 1.51. The van der Waals surface area contributed by atoms with Crippen LogP contribution in [-0.4, -0.2) is 70.9 Å². The minimum Gasteiger partial charge on any atom is -0.444 e. The SMILES string of the molecule is CSc1nc2c(c(N3CCN(C(=O)OC(C)(C)C)[C@@H](CC#N)C3)n1)CCC1(CC(=O)N(c3ccccc3)C1)C2. The molecule has 0 saturated carbocycles. The van der Waals surface area contributed by atoms with E-state index in [4.69, 9.17) is 14.7 Å². The highest BCUT2D eigenvalue weighted by molar-refractivity contribution is 7.98. The van der Waals surface area contributed by atoms with Crippen LogP contribution in [-0.2, 0) is 22.4 Å². The fourth-order valence-corrected chi connectivity index (χ4v) is 6.38. The van der Waals surface area contributed by atoms with Crippen LogP contribution in [0, 0.1) is 16.7 Å². The van der Waals surface area contributed by atoms with Gasteiger partial charge in [0.15, 0.2) is 5.16 Å². The third-order valence-corrected chi connectivity index (χ3v) is 8.35. The second kappa shape index (κ2) is 10.7. The maximum absolute atomic E-state index is 13.1. The van der Waals surface area contributed by atoms with Gasteiger partial charge in [0.2, 0.25) is 5.91 Å². The van der Waals surface area contributed by atoms with Crippen molar-refractivity contribution in [3.8, 4) is 6.07 Å². The van der Waals surface area contributed by atoms with E-state index in [9.17, 15) is 14.9 Å². The third kappa shape index (κ3) is 5.69. The van der Waals surface area contributed by atoms with Crippen molar-refractivity contribution in [2.75, 3.05) is 42.2 Å². The molecule has 3 heterocycles. The fourth-order valence-electron chi connectivity index (χ4n) is 6.00. The molecule has 1 aromatic heterocycles. The van der Waals surface area contributed by atoms with Gasteiger partial charge in [-0.3, -0.25) is 4.79 Å². The summed E-state index contributed by atoms with van der Waals surface area (Å²) in [7, 11) is 0. The number of fused-ring (bicyclic) bond motifs is 1. The lowest BCUT2D eigenvalue weighted by Crippen LogP contribution is -2.56. The van der Waals surface area contributed by atoms with Crippen molar-refractivity contribution in [1.29, 1.82) is 5.26 Å². The molecule has 5 rings (SSSR count). The number of piperazine rings is 1. The zero-order valence-corrected chi connectivity index (χ0v) is 24.0. The van der Waals surface area contributed by atoms with Crippen molar-refractivity contribution in [2.45, 2.75) is 69.7 Å². The van der Waals surface area contributed by atoms with E-state index >= 15 is 0 Å². The van der Waals surface area contributed by atoms with Crippen molar-refractivity contribution >= 4 is 35.3 Å². The number of carbonyl (C=O) groups is 2. The third-order valence-electron chi connectivity index (χ3n) is 7.81. The van der Waals surface area contributed by atoms with Gasteiger partial charge in [-0.2, -0.15) is 5.26 Å². The zero-order valence-electron chi connectivity index (χ0n) is 23.1. The molecule has 2 fully saturated rings. The Morgan fingerprint density at radius 1 is 1.21 bits per heavy atom. The van der Waals surface area contributed by atoms with Gasteiger partial charge in [-0.15, -0.1) is 0 Å². The van der Waals surface area contributed by atoms with E-state index in [-0.39, 0.29) is 29.9 Å². The molecule has 10 heteroatoms. The summed E-state index contributed by atoms with van der Waals surface area (Å²) in [6.45, 7) is 7.81. The number of anilines is 2. The van der Waals surface area contributed by atoms with Gasteiger partial charge in [-0.05, 0) is 58.4 Å². The molecule has 2 aromatic rings. The van der Waals surface area contributed by atoms with Crippen LogP contribution in [0.3, 0.4) is 0 Å². The Labute approximate surface area is 234 Å². The molecule has 9 nitrogen and oxygen atoms in total. The molecule has 2 atom stereocenters. The van der Waals surface area contributed by atoms with E-state index < -0.39 is 5.60 Å². The van der Waals surface area contributed by atoms with Crippen LogP contribution in [0.25, 0.3) is 0 Å². The van der Waals surface area contributed by atoms with E-state index in [1.54, 1.807) is 4.90 Å². The lowest BCUT2D eigenvalue weighted by atomic mass is 9.72. The number of ether oxygens (including phenoxy) is 1. The minimum atomic E-state index is -0.599. The average molecular weight is 549 g/mol. The number of carbonyl (C=O) groups excluding carboxylic acids is 2. The Hall–Kier alpha value is -3.32. The Bertz CT molecular complexity index is 1290. The van der Waals surface area contributed by atoms with Gasteiger partial charge < -0.3 is 19.4 Å². The highest BCUT2D eigenvalue weighted by Gasteiger charge is 2.47. The van der Waals surface area contributed by atoms with Crippen LogP contribution in [0.2, 0.25) is 0 Å². The molecule has 0 radical (unpaired) electrons. The predicted molar refractivity (Wildman–Crippen MR) is 151 cm³/mol. The van der Waals surface area contributed by atoms with Crippen molar-refractivity contribution in [2.24, 2.45) is 5.41 Å². The van der Waals surface area contributed by atoms with Crippen molar-refractivity contribution in [3.05, 3.63) is 41.6 Å². The molecular formula is C29H36N6O3S. The zero-order chi connectivity index (χ0) is 27.8. The number of thioether (sulfide) groups is 1. The maximum Gasteiger partial charge on any atom is 0.410 e. The van der Waals surface area contributed by atoms with Crippen LogP contribution in [0.1, 0.15) is 51.3 Å². The summed E-state index contributed by atoms with van der Waals surface area (Å²) in [6, 6.07) is 11.9. The second-order valence-corrected chi connectivity index (χ2v) is 12.5. The topological polar surface area (TPSA) is 103 Å². The number of hydrogen-bond donors (Lipinski definition) is 0. The molecule has 1 aromatic carbocycles. The number of hydrogen-bond acceptors (Lipinski definition) is 8. The second-order valence-electron chi connectivity index (χ2n) is 11.8. The number of amides is 2.